The first kappa shape index (κ1) is 20.1. The maximum atomic E-state index is 13.6. The zero-order chi connectivity index (χ0) is 20.3. The average Bonchev–Trinajstić information content (AvgIpc) is 2.67. The van der Waals surface area contributed by atoms with Gasteiger partial charge >= 0.3 is 0 Å². The fraction of sp³-hybridized carbons (Fsp3) is 0.350. The van der Waals surface area contributed by atoms with Crippen molar-refractivity contribution in [2.75, 3.05) is 41.6 Å². The van der Waals surface area contributed by atoms with E-state index in [0.29, 0.717) is 26.2 Å². The van der Waals surface area contributed by atoms with Crippen LogP contribution < -0.4 is 9.21 Å². The molecule has 1 saturated heterocycles. The van der Waals surface area contributed by atoms with Crippen LogP contribution in [-0.4, -0.2) is 57.7 Å². The van der Waals surface area contributed by atoms with Gasteiger partial charge in [-0.3, -0.25) is 9.10 Å². The lowest BCUT2D eigenvalue weighted by Crippen LogP contribution is -2.55. The van der Waals surface area contributed by atoms with Crippen molar-refractivity contribution < 1.29 is 17.6 Å². The van der Waals surface area contributed by atoms with Crippen molar-refractivity contribution in [2.45, 2.75) is 13.0 Å². The van der Waals surface area contributed by atoms with E-state index in [1.54, 1.807) is 4.90 Å². The van der Waals surface area contributed by atoms with E-state index in [9.17, 15) is 17.6 Å². The van der Waals surface area contributed by atoms with E-state index in [2.05, 4.69) is 4.90 Å². The highest BCUT2D eigenvalue weighted by Crippen LogP contribution is 2.23. The molecule has 0 aliphatic carbocycles. The van der Waals surface area contributed by atoms with Gasteiger partial charge in [0.25, 0.3) is 0 Å². The number of sulfonamides is 1. The van der Waals surface area contributed by atoms with Crippen LogP contribution in [-0.2, 0) is 14.8 Å². The van der Waals surface area contributed by atoms with Gasteiger partial charge in [0.1, 0.15) is 11.9 Å². The summed E-state index contributed by atoms with van der Waals surface area (Å²) in [4.78, 5) is 16.9. The SMILES string of the molecule is C[C@H](C(=O)N1CCN(c2ccccc2)CC1)N(c1cccc(F)c1)S(C)(=O)=O. The third kappa shape index (κ3) is 4.44. The molecule has 1 amide bonds. The Labute approximate surface area is 165 Å². The molecule has 1 heterocycles. The fourth-order valence-electron chi connectivity index (χ4n) is 3.50. The van der Waals surface area contributed by atoms with Crippen LogP contribution in [0.2, 0.25) is 0 Å². The van der Waals surface area contributed by atoms with Crippen molar-refractivity contribution in [1.82, 2.24) is 4.90 Å². The number of amides is 1. The molecule has 0 radical (unpaired) electrons. The van der Waals surface area contributed by atoms with Gasteiger partial charge in [-0.1, -0.05) is 24.3 Å². The normalized spacial score (nSPS) is 16.0. The molecule has 0 N–H and O–H groups in total. The number of para-hydroxylation sites is 1. The standard InChI is InChI=1S/C20H24FN3O3S/c1-16(24(28(2,26)27)19-10-6-7-17(21)15-19)20(25)23-13-11-22(12-14-23)18-8-4-3-5-9-18/h3-10,15-16H,11-14H2,1-2H3/t16-/m1/s1. The molecule has 1 atom stereocenters. The minimum Gasteiger partial charge on any atom is -0.368 e. The van der Waals surface area contributed by atoms with E-state index in [1.165, 1.54) is 25.1 Å². The molecular formula is C20H24FN3O3S. The van der Waals surface area contributed by atoms with Crippen LogP contribution in [0, 0.1) is 5.82 Å². The molecule has 0 aromatic heterocycles. The maximum absolute atomic E-state index is 13.6. The van der Waals surface area contributed by atoms with E-state index >= 15 is 0 Å². The van der Waals surface area contributed by atoms with Crippen molar-refractivity contribution in [3.8, 4) is 0 Å². The summed E-state index contributed by atoms with van der Waals surface area (Å²) in [5.41, 5.74) is 1.24. The molecule has 0 saturated carbocycles. The van der Waals surface area contributed by atoms with Crippen LogP contribution in [0.5, 0.6) is 0 Å². The predicted octanol–water partition coefficient (Wildman–Crippen LogP) is 2.33. The van der Waals surface area contributed by atoms with Crippen LogP contribution in [0.25, 0.3) is 0 Å². The second-order valence-corrected chi connectivity index (χ2v) is 8.72. The van der Waals surface area contributed by atoms with E-state index in [-0.39, 0.29) is 11.6 Å². The smallest absolute Gasteiger partial charge is 0.246 e. The van der Waals surface area contributed by atoms with Crippen molar-refractivity contribution in [2.24, 2.45) is 0 Å². The first-order valence-corrected chi connectivity index (χ1v) is 11.0. The number of halogens is 1. The summed E-state index contributed by atoms with van der Waals surface area (Å²) in [6, 6.07) is 14.3. The van der Waals surface area contributed by atoms with Crippen LogP contribution in [0.3, 0.4) is 0 Å². The molecule has 28 heavy (non-hydrogen) atoms. The van der Waals surface area contributed by atoms with Gasteiger partial charge in [0.2, 0.25) is 15.9 Å². The lowest BCUT2D eigenvalue weighted by Gasteiger charge is -2.39. The highest BCUT2D eigenvalue weighted by atomic mass is 32.2. The lowest BCUT2D eigenvalue weighted by atomic mass is 10.2. The highest BCUT2D eigenvalue weighted by Gasteiger charge is 2.33. The van der Waals surface area contributed by atoms with Gasteiger partial charge in [-0.15, -0.1) is 0 Å². The zero-order valence-electron chi connectivity index (χ0n) is 16.0. The minimum absolute atomic E-state index is 0.145. The molecule has 2 aromatic carbocycles. The Hall–Kier alpha value is -2.61. The predicted molar refractivity (Wildman–Crippen MR) is 108 cm³/mol. The molecular weight excluding hydrogens is 381 g/mol. The molecule has 0 spiro atoms. The monoisotopic (exact) mass is 405 g/mol. The molecule has 150 valence electrons. The summed E-state index contributed by atoms with van der Waals surface area (Å²) < 4.78 is 39.3. The van der Waals surface area contributed by atoms with Crippen molar-refractivity contribution in [3.05, 3.63) is 60.4 Å². The number of hydrogen-bond acceptors (Lipinski definition) is 4. The fourth-order valence-corrected chi connectivity index (χ4v) is 4.66. The Morgan fingerprint density at radius 1 is 1.04 bits per heavy atom. The molecule has 1 fully saturated rings. The minimum atomic E-state index is -3.76. The topological polar surface area (TPSA) is 60.9 Å². The molecule has 2 aromatic rings. The van der Waals surface area contributed by atoms with Crippen molar-refractivity contribution in [3.63, 3.8) is 0 Å². The van der Waals surface area contributed by atoms with Gasteiger partial charge in [-0.05, 0) is 37.3 Å². The molecule has 3 rings (SSSR count). The van der Waals surface area contributed by atoms with Gasteiger partial charge in [-0.2, -0.15) is 0 Å². The summed E-state index contributed by atoms with van der Waals surface area (Å²) >= 11 is 0. The molecule has 0 unspecified atom stereocenters. The summed E-state index contributed by atoms with van der Waals surface area (Å²) in [6.45, 7) is 3.87. The Morgan fingerprint density at radius 3 is 2.25 bits per heavy atom. The first-order valence-electron chi connectivity index (χ1n) is 9.11. The Kier molecular flexibility index (Phi) is 5.88. The number of benzene rings is 2. The summed E-state index contributed by atoms with van der Waals surface area (Å²) in [5, 5.41) is 0. The van der Waals surface area contributed by atoms with E-state index in [4.69, 9.17) is 0 Å². The van der Waals surface area contributed by atoms with E-state index < -0.39 is 21.9 Å². The second kappa shape index (κ2) is 8.18. The average molecular weight is 405 g/mol. The van der Waals surface area contributed by atoms with E-state index in [0.717, 1.165) is 22.3 Å². The molecule has 1 aliphatic heterocycles. The van der Waals surface area contributed by atoms with Crippen LogP contribution in [0.15, 0.2) is 54.6 Å². The van der Waals surface area contributed by atoms with Crippen molar-refractivity contribution in [1.29, 1.82) is 0 Å². The summed E-state index contributed by atoms with van der Waals surface area (Å²) in [7, 11) is -3.76. The summed E-state index contributed by atoms with van der Waals surface area (Å²) in [6.07, 6.45) is 1.02. The number of hydrogen-bond donors (Lipinski definition) is 0. The molecule has 1 aliphatic rings. The largest absolute Gasteiger partial charge is 0.368 e. The summed E-state index contributed by atoms with van der Waals surface area (Å²) in [5.74, 6) is -0.843. The number of rotatable bonds is 5. The number of anilines is 2. The van der Waals surface area contributed by atoms with Crippen molar-refractivity contribution >= 4 is 27.3 Å². The number of nitrogens with zero attached hydrogens (tertiary/aromatic N) is 3. The Balaban J connectivity index is 1.74. The van der Waals surface area contributed by atoms with Gasteiger partial charge in [-0.25, -0.2) is 12.8 Å². The Morgan fingerprint density at radius 2 is 1.68 bits per heavy atom. The quantitative estimate of drug-likeness (QED) is 0.766. The van der Waals surface area contributed by atoms with Crippen LogP contribution in [0.1, 0.15) is 6.92 Å². The second-order valence-electron chi connectivity index (χ2n) is 6.86. The number of piperazine rings is 1. The zero-order valence-corrected chi connectivity index (χ0v) is 16.8. The molecule has 0 bridgehead atoms. The van der Waals surface area contributed by atoms with Gasteiger partial charge < -0.3 is 9.80 Å². The molecule has 8 heteroatoms. The van der Waals surface area contributed by atoms with E-state index in [1.807, 2.05) is 30.3 Å². The Bertz CT molecular complexity index is 929. The number of carbonyl (C=O) groups excluding carboxylic acids is 1. The van der Waals surface area contributed by atoms with Gasteiger partial charge in [0.15, 0.2) is 0 Å². The van der Waals surface area contributed by atoms with Gasteiger partial charge in [0.05, 0.1) is 11.9 Å². The first-order chi connectivity index (χ1) is 13.3. The molecule has 6 nitrogen and oxygen atoms in total. The third-order valence-corrected chi connectivity index (χ3v) is 6.08. The maximum Gasteiger partial charge on any atom is 0.246 e. The van der Waals surface area contributed by atoms with Gasteiger partial charge in [0, 0.05) is 31.9 Å². The lowest BCUT2D eigenvalue weighted by molar-refractivity contribution is -0.132. The van der Waals surface area contributed by atoms with Crippen LogP contribution in [0.4, 0.5) is 15.8 Å². The number of carbonyl (C=O) groups is 1. The third-order valence-electron chi connectivity index (χ3n) is 4.84. The highest BCUT2D eigenvalue weighted by molar-refractivity contribution is 7.92. The van der Waals surface area contributed by atoms with Crippen LogP contribution >= 0.6 is 0 Å².